The maximum Gasteiger partial charge on any atom is 0.336 e. The number of carbonyl (C=O) groups is 2. The lowest BCUT2D eigenvalue weighted by molar-refractivity contribution is -0.191. The van der Waals surface area contributed by atoms with Crippen LogP contribution in [0, 0.1) is 0 Å². The van der Waals surface area contributed by atoms with Gasteiger partial charge >= 0.3 is 11.9 Å². The van der Waals surface area contributed by atoms with Crippen molar-refractivity contribution in [2.75, 3.05) is 13.2 Å². The Balaban J connectivity index is 3.44. The van der Waals surface area contributed by atoms with E-state index in [-0.39, 0.29) is 5.56 Å². The van der Waals surface area contributed by atoms with Crippen LogP contribution in [0.2, 0.25) is 0 Å². The molecular formula is C28H46O20. The Kier molecular flexibility index (Phi) is 15.8. The highest BCUT2D eigenvalue weighted by Crippen LogP contribution is 2.27. The number of carboxylic acid groups (broad SMARTS) is 2. The van der Waals surface area contributed by atoms with Crippen LogP contribution in [0.3, 0.4) is 0 Å². The number of aliphatic hydroxyl groups excluding tert-OH is 14. The average Bonchev–Trinajstić information content (AvgIpc) is 3.04. The molecule has 0 aromatic heterocycles. The maximum atomic E-state index is 12.2. The van der Waals surface area contributed by atoms with E-state index in [9.17, 15) is 91.3 Å². The van der Waals surface area contributed by atoms with Crippen LogP contribution in [0.1, 0.15) is 45.7 Å². The van der Waals surface area contributed by atoms with Gasteiger partial charge in [-0.1, -0.05) is 6.07 Å². The quantitative estimate of drug-likeness (QED) is 0.0599. The molecule has 278 valence electrons. The topological polar surface area (TPSA) is 398 Å². The highest BCUT2D eigenvalue weighted by Gasteiger charge is 2.45. The molecule has 0 saturated heterocycles. The third-order valence-corrected chi connectivity index (χ3v) is 8.15. The summed E-state index contributed by atoms with van der Waals surface area (Å²) in [6, 6.07) is 1.68. The van der Waals surface area contributed by atoms with Crippen LogP contribution < -0.4 is 0 Å². The lowest BCUT2D eigenvalue weighted by Crippen LogP contribution is -2.58. The Hall–Kier alpha value is -2.48. The first kappa shape index (κ1) is 43.5. The molecule has 0 amide bonds. The molecule has 20 heteroatoms. The second-order valence-electron chi connectivity index (χ2n) is 12.1. The molecule has 0 bridgehead atoms. The molecule has 48 heavy (non-hydrogen) atoms. The SMILES string of the molecule is CC(O)(CO)C(O)C(O)C(O)C(O)C(O)C(O)Cc1ccc(C(=O)O)c(C(=O)O)c1CC(O)C(O)C(O)C(O)C(O)C(O)C(C)(O)CO. The second kappa shape index (κ2) is 17.4. The van der Waals surface area contributed by atoms with E-state index in [1.807, 2.05) is 0 Å². The molecule has 0 heterocycles. The summed E-state index contributed by atoms with van der Waals surface area (Å²) >= 11 is 0. The lowest BCUT2D eigenvalue weighted by Gasteiger charge is -2.36. The van der Waals surface area contributed by atoms with Gasteiger partial charge in [-0.25, -0.2) is 9.59 Å². The minimum Gasteiger partial charge on any atom is -0.478 e. The van der Waals surface area contributed by atoms with E-state index in [4.69, 9.17) is 10.2 Å². The van der Waals surface area contributed by atoms with E-state index in [0.717, 1.165) is 26.0 Å². The van der Waals surface area contributed by atoms with E-state index in [0.29, 0.717) is 0 Å². The van der Waals surface area contributed by atoms with E-state index >= 15 is 0 Å². The number of rotatable bonds is 20. The fourth-order valence-corrected chi connectivity index (χ4v) is 4.77. The van der Waals surface area contributed by atoms with Crippen LogP contribution in [0.4, 0.5) is 0 Å². The fraction of sp³-hybridized carbons (Fsp3) is 0.714. The Morgan fingerprint density at radius 3 is 1.25 bits per heavy atom. The van der Waals surface area contributed by atoms with E-state index in [2.05, 4.69) is 0 Å². The molecule has 0 aliphatic heterocycles. The van der Waals surface area contributed by atoms with Crippen molar-refractivity contribution in [1.82, 2.24) is 0 Å². The standard InChI is InChI=1S/C28H46O20/c1-27(47,7-29)23(41)21(39)19(37)17(35)15(33)12(31)5-9-3-4-10(25(43)44)14(26(45)46)11(9)6-13(32)16(34)18(36)20(38)22(40)24(42)28(2,48)8-30/h3-4,12-13,15-24,29-42,47-48H,5-8H2,1-2H3,(H,43,44)(H,45,46). The zero-order valence-electron chi connectivity index (χ0n) is 25.8. The molecule has 1 aromatic carbocycles. The minimum atomic E-state index is -2.53. The van der Waals surface area contributed by atoms with Crippen LogP contribution >= 0.6 is 0 Å². The molecule has 0 saturated carbocycles. The van der Waals surface area contributed by atoms with Gasteiger partial charge in [0.25, 0.3) is 0 Å². The number of aromatic carboxylic acids is 2. The molecule has 0 fully saturated rings. The normalized spacial score (nSPS) is 22.4. The van der Waals surface area contributed by atoms with E-state index in [1.165, 1.54) is 0 Å². The van der Waals surface area contributed by atoms with Crippen molar-refractivity contribution in [1.29, 1.82) is 0 Å². The summed E-state index contributed by atoms with van der Waals surface area (Å²) in [6.45, 7) is -0.504. The predicted octanol–water partition coefficient (Wildman–Crippen LogP) is -8.01. The smallest absolute Gasteiger partial charge is 0.336 e. The summed E-state index contributed by atoms with van der Waals surface area (Å²) in [4.78, 5) is 24.0. The van der Waals surface area contributed by atoms with Gasteiger partial charge < -0.3 is 91.9 Å². The summed E-state index contributed by atoms with van der Waals surface area (Å²) in [7, 11) is 0. The van der Waals surface area contributed by atoms with Crippen LogP contribution in [0.15, 0.2) is 12.1 Å². The maximum absolute atomic E-state index is 12.2. The summed E-state index contributed by atoms with van der Waals surface area (Å²) in [5.74, 6) is -3.70. The Morgan fingerprint density at radius 2 is 0.917 bits per heavy atom. The van der Waals surface area contributed by atoms with Gasteiger partial charge in [0, 0.05) is 12.8 Å². The van der Waals surface area contributed by atoms with Gasteiger partial charge in [0.15, 0.2) is 0 Å². The van der Waals surface area contributed by atoms with Gasteiger partial charge in [-0.2, -0.15) is 0 Å². The summed E-state index contributed by atoms with van der Waals surface area (Å²) in [5, 5.41) is 181. The van der Waals surface area contributed by atoms with Gasteiger partial charge in [-0.05, 0) is 31.0 Å². The molecule has 14 atom stereocenters. The zero-order chi connectivity index (χ0) is 37.6. The first-order chi connectivity index (χ1) is 21.9. The molecule has 0 spiro atoms. The second-order valence-corrected chi connectivity index (χ2v) is 12.1. The van der Waals surface area contributed by atoms with Crippen molar-refractivity contribution >= 4 is 11.9 Å². The van der Waals surface area contributed by atoms with Gasteiger partial charge in [-0.3, -0.25) is 0 Å². The monoisotopic (exact) mass is 702 g/mol. The van der Waals surface area contributed by atoms with Crippen molar-refractivity contribution in [3.05, 3.63) is 34.4 Å². The zero-order valence-corrected chi connectivity index (χ0v) is 25.8. The first-order valence-corrected chi connectivity index (χ1v) is 14.3. The highest BCUT2D eigenvalue weighted by atomic mass is 16.4. The van der Waals surface area contributed by atoms with Gasteiger partial charge in [-0.15, -0.1) is 0 Å². The minimum absolute atomic E-state index is 0.356. The van der Waals surface area contributed by atoms with Crippen molar-refractivity contribution in [2.45, 2.75) is 111 Å². The van der Waals surface area contributed by atoms with Crippen LogP contribution in [-0.4, -0.2) is 202 Å². The molecule has 1 aromatic rings. The Morgan fingerprint density at radius 1 is 0.562 bits per heavy atom. The van der Waals surface area contributed by atoms with Crippen LogP contribution in [-0.2, 0) is 12.8 Å². The molecule has 0 radical (unpaired) electrons. The molecule has 20 nitrogen and oxygen atoms in total. The summed E-state index contributed by atoms with van der Waals surface area (Å²) in [5.41, 5.74) is -7.66. The number of carboxylic acids is 2. The third-order valence-electron chi connectivity index (χ3n) is 8.15. The first-order valence-electron chi connectivity index (χ1n) is 14.3. The van der Waals surface area contributed by atoms with Crippen molar-refractivity contribution in [3.8, 4) is 0 Å². The number of aliphatic hydroxyl groups is 16. The number of hydrogen-bond donors (Lipinski definition) is 18. The number of hydrogen-bond acceptors (Lipinski definition) is 18. The van der Waals surface area contributed by atoms with E-state index < -0.39 is 139 Å². The predicted molar refractivity (Wildman–Crippen MR) is 155 cm³/mol. The summed E-state index contributed by atoms with van der Waals surface area (Å²) < 4.78 is 0. The molecular weight excluding hydrogens is 656 g/mol. The fourth-order valence-electron chi connectivity index (χ4n) is 4.77. The van der Waals surface area contributed by atoms with Gasteiger partial charge in [0.1, 0.15) is 72.2 Å². The third kappa shape index (κ3) is 10.0. The largest absolute Gasteiger partial charge is 0.478 e. The van der Waals surface area contributed by atoms with Crippen molar-refractivity contribution < 1.29 is 102 Å². The Labute approximate surface area is 272 Å². The van der Waals surface area contributed by atoms with Crippen LogP contribution in [0.25, 0.3) is 0 Å². The molecule has 14 unspecified atom stereocenters. The Bertz CT molecular complexity index is 1210. The lowest BCUT2D eigenvalue weighted by atomic mass is 9.84. The summed E-state index contributed by atoms with van der Waals surface area (Å²) in [6.07, 6.45) is -30.7. The molecule has 18 N–H and O–H groups in total. The van der Waals surface area contributed by atoms with Crippen molar-refractivity contribution in [2.24, 2.45) is 0 Å². The van der Waals surface area contributed by atoms with E-state index in [1.54, 1.807) is 0 Å². The molecule has 0 aliphatic rings. The van der Waals surface area contributed by atoms with Crippen molar-refractivity contribution in [3.63, 3.8) is 0 Å². The number of benzene rings is 1. The molecule has 1 rings (SSSR count). The van der Waals surface area contributed by atoms with Crippen LogP contribution in [0.5, 0.6) is 0 Å². The van der Waals surface area contributed by atoms with Gasteiger partial charge in [0.05, 0.1) is 36.5 Å². The highest BCUT2D eigenvalue weighted by molar-refractivity contribution is 6.03. The molecule has 0 aliphatic carbocycles. The van der Waals surface area contributed by atoms with Gasteiger partial charge in [0.2, 0.25) is 0 Å². The average molecular weight is 703 g/mol.